The number of halogens is 1. The molecule has 0 bridgehead atoms. The van der Waals surface area contributed by atoms with Crippen LogP contribution < -0.4 is 5.32 Å². The van der Waals surface area contributed by atoms with Crippen molar-refractivity contribution in [1.29, 1.82) is 0 Å². The Hall–Kier alpha value is -2.11. The average Bonchev–Trinajstić information content (AvgIpc) is 2.62. The first kappa shape index (κ1) is 15.8. The molecule has 5 nitrogen and oxygen atoms in total. The normalized spacial score (nSPS) is 17.8. The van der Waals surface area contributed by atoms with Crippen molar-refractivity contribution in [2.45, 2.75) is 6.10 Å². The van der Waals surface area contributed by atoms with Crippen molar-refractivity contribution >= 4 is 23.2 Å². The molecular weight excluding hydrogens is 314 g/mol. The van der Waals surface area contributed by atoms with Gasteiger partial charge in [0.1, 0.15) is 6.10 Å². The summed E-state index contributed by atoms with van der Waals surface area (Å²) in [5.41, 5.74) is 2.41. The van der Waals surface area contributed by atoms with Gasteiger partial charge in [-0.3, -0.25) is 9.78 Å². The number of ether oxygens (including phenoxy) is 1. The van der Waals surface area contributed by atoms with Crippen LogP contribution in [0.15, 0.2) is 42.6 Å². The highest BCUT2D eigenvalue weighted by atomic mass is 35.5. The van der Waals surface area contributed by atoms with Crippen LogP contribution in [0.2, 0.25) is 5.02 Å². The molecule has 2 heterocycles. The lowest BCUT2D eigenvalue weighted by Gasteiger charge is -2.32. The molecule has 1 atom stereocenters. The molecule has 3 rings (SSSR count). The third kappa shape index (κ3) is 3.63. The van der Waals surface area contributed by atoms with Gasteiger partial charge in [-0.2, -0.15) is 0 Å². The Kier molecular flexibility index (Phi) is 4.79. The van der Waals surface area contributed by atoms with Crippen LogP contribution in [-0.4, -0.2) is 42.5 Å². The zero-order valence-corrected chi connectivity index (χ0v) is 13.6. The largest absolute Gasteiger partial charge is 0.387 e. The Bertz CT molecular complexity index is 673. The molecule has 1 unspecified atom stereocenters. The molecule has 120 valence electrons. The second-order valence-electron chi connectivity index (χ2n) is 5.34. The molecule has 0 spiro atoms. The summed E-state index contributed by atoms with van der Waals surface area (Å²) < 4.78 is 5.77. The molecule has 23 heavy (non-hydrogen) atoms. The molecule has 2 aromatic rings. The molecule has 1 aromatic heterocycles. The van der Waals surface area contributed by atoms with Crippen LogP contribution in [0.25, 0.3) is 0 Å². The van der Waals surface area contributed by atoms with Gasteiger partial charge in [-0.15, -0.1) is 0 Å². The van der Waals surface area contributed by atoms with Gasteiger partial charge in [0, 0.05) is 24.2 Å². The van der Waals surface area contributed by atoms with Gasteiger partial charge < -0.3 is 15.0 Å². The van der Waals surface area contributed by atoms with Crippen molar-refractivity contribution in [3.05, 3.63) is 58.9 Å². The number of nitrogens with zero attached hydrogens (tertiary/aromatic N) is 2. The maximum absolute atomic E-state index is 12.6. The van der Waals surface area contributed by atoms with Gasteiger partial charge in [-0.25, -0.2) is 0 Å². The first-order valence-corrected chi connectivity index (χ1v) is 7.85. The lowest BCUT2D eigenvalue weighted by molar-refractivity contribution is -0.0247. The summed E-state index contributed by atoms with van der Waals surface area (Å²) in [6.45, 7) is 1.57. The quantitative estimate of drug-likeness (QED) is 0.939. The average molecular weight is 332 g/mol. The van der Waals surface area contributed by atoms with E-state index in [-0.39, 0.29) is 12.0 Å². The van der Waals surface area contributed by atoms with Crippen LogP contribution in [0.4, 0.5) is 5.69 Å². The van der Waals surface area contributed by atoms with Crippen LogP contribution >= 0.6 is 11.6 Å². The smallest absolute Gasteiger partial charge is 0.254 e. The Morgan fingerprint density at radius 2 is 2.09 bits per heavy atom. The van der Waals surface area contributed by atoms with E-state index in [1.54, 1.807) is 35.4 Å². The number of morpholine rings is 1. The van der Waals surface area contributed by atoms with Gasteiger partial charge in [0.25, 0.3) is 5.91 Å². The van der Waals surface area contributed by atoms with Crippen molar-refractivity contribution in [2.24, 2.45) is 0 Å². The van der Waals surface area contributed by atoms with Gasteiger partial charge in [-0.1, -0.05) is 11.6 Å². The number of aromatic nitrogens is 1. The third-order valence-electron chi connectivity index (χ3n) is 3.85. The summed E-state index contributed by atoms with van der Waals surface area (Å²) in [7, 11) is 1.85. The van der Waals surface area contributed by atoms with E-state index in [0.717, 1.165) is 11.4 Å². The van der Waals surface area contributed by atoms with Crippen LogP contribution in [0, 0.1) is 0 Å². The Morgan fingerprint density at radius 1 is 1.30 bits per heavy atom. The fourth-order valence-corrected chi connectivity index (χ4v) is 2.66. The molecule has 0 aliphatic carbocycles. The van der Waals surface area contributed by atoms with E-state index >= 15 is 0 Å². The fraction of sp³-hybridized carbons (Fsp3) is 0.294. The van der Waals surface area contributed by atoms with Gasteiger partial charge in [0.05, 0.1) is 30.7 Å². The number of benzene rings is 1. The van der Waals surface area contributed by atoms with Crippen molar-refractivity contribution in [2.75, 3.05) is 32.1 Å². The Balaban J connectivity index is 1.72. The number of nitrogens with one attached hydrogen (secondary N) is 1. The monoisotopic (exact) mass is 331 g/mol. The number of rotatable bonds is 3. The first-order chi connectivity index (χ1) is 11.2. The molecule has 1 amide bonds. The molecule has 1 saturated heterocycles. The van der Waals surface area contributed by atoms with Crippen LogP contribution in [0.5, 0.6) is 0 Å². The lowest BCUT2D eigenvalue weighted by Crippen LogP contribution is -2.42. The summed E-state index contributed by atoms with van der Waals surface area (Å²) in [6, 6.07) is 10.8. The lowest BCUT2D eigenvalue weighted by atomic mass is 10.1. The summed E-state index contributed by atoms with van der Waals surface area (Å²) >= 11 is 5.87. The Morgan fingerprint density at radius 3 is 2.74 bits per heavy atom. The molecule has 1 N–H and O–H groups in total. The minimum atomic E-state index is -0.203. The molecule has 0 saturated carbocycles. The molecule has 1 aliphatic heterocycles. The summed E-state index contributed by atoms with van der Waals surface area (Å²) in [6.07, 6.45) is 1.56. The molecule has 0 radical (unpaired) electrons. The van der Waals surface area contributed by atoms with Crippen LogP contribution in [0.3, 0.4) is 0 Å². The summed E-state index contributed by atoms with van der Waals surface area (Å²) in [4.78, 5) is 18.8. The minimum absolute atomic E-state index is 0.0122. The van der Waals surface area contributed by atoms with E-state index in [1.165, 1.54) is 0 Å². The molecule has 1 aromatic carbocycles. The van der Waals surface area contributed by atoms with Crippen LogP contribution in [-0.2, 0) is 4.74 Å². The predicted molar refractivity (Wildman–Crippen MR) is 89.8 cm³/mol. The second kappa shape index (κ2) is 6.98. The standard InChI is InChI=1S/C17H18ClN3O2/c1-19-14-6-7-15(20-10-14)16-11-21(8-9-23-16)17(22)12-2-4-13(18)5-3-12/h2-7,10,16,19H,8-9,11H2,1H3. The summed E-state index contributed by atoms with van der Waals surface area (Å²) in [5.74, 6) is -0.0122. The zero-order valence-electron chi connectivity index (χ0n) is 12.8. The van der Waals surface area contributed by atoms with E-state index in [2.05, 4.69) is 10.3 Å². The molecule has 6 heteroatoms. The third-order valence-corrected chi connectivity index (χ3v) is 4.10. The summed E-state index contributed by atoms with van der Waals surface area (Å²) in [5, 5.41) is 3.65. The fourth-order valence-electron chi connectivity index (χ4n) is 2.53. The van der Waals surface area contributed by atoms with Gasteiger partial charge in [-0.05, 0) is 36.4 Å². The zero-order chi connectivity index (χ0) is 16.2. The van der Waals surface area contributed by atoms with Crippen molar-refractivity contribution in [1.82, 2.24) is 9.88 Å². The SMILES string of the molecule is CNc1ccc(C2CN(C(=O)c3ccc(Cl)cc3)CCO2)nc1. The van der Waals surface area contributed by atoms with Gasteiger partial charge in [0.15, 0.2) is 0 Å². The number of hydrogen-bond acceptors (Lipinski definition) is 4. The van der Waals surface area contributed by atoms with E-state index in [4.69, 9.17) is 16.3 Å². The van der Waals surface area contributed by atoms with E-state index in [0.29, 0.717) is 30.3 Å². The van der Waals surface area contributed by atoms with E-state index in [1.807, 2.05) is 19.2 Å². The highest BCUT2D eigenvalue weighted by Crippen LogP contribution is 2.23. The van der Waals surface area contributed by atoms with E-state index in [9.17, 15) is 4.79 Å². The van der Waals surface area contributed by atoms with E-state index < -0.39 is 0 Å². The maximum atomic E-state index is 12.6. The minimum Gasteiger partial charge on any atom is -0.387 e. The van der Waals surface area contributed by atoms with Gasteiger partial charge in [0.2, 0.25) is 0 Å². The van der Waals surface area contributed by atoms with Crippen molar-refractivity contribution < 1.29 is 9.53 Å². The highest BCUT2D eigenvalue weighted by Gasteiger charge is 2.26. The van der Waals surface area contributed by atoms with Crippen molar-refractivity contribution in [3.63, 3.8) is 0 Å². The first-order valence-electron chi connectivity index (χ1n) is 7.47. The number of pyridine rings is 1. The second-order valence-corrected chi connectivity index (χ2v) is 5.78. The molecule has 1 aliphatic rings. The maximum Gasteiger partial charge on any atom is 0.254 e. The number of carbonyl (C=O) groups excluding carboxylic acids is 1. The predicted octanol–water partition coefficient (Wildman–Crippen LogP) is 2.99. The van der Waals surface area contributed by atoms with Crippen LogP contribution in [0.1, 0.15) is 22.2 Å². The topological polar surface area (TPSA) is 54.5 Å². The number of hydrogen-bond donors (Lipinski definition) is 1. The number of carbonyl (C=O) groups is 1. The molecular formula is C17H18ClN3O2. The van der Waals surface area contributed by atoms with Crippen molar-refractivity contribution in [3.8, 4) is 0 Å². The molecule has 1 fully saturated rings. The highest BCUT2D eigenvalue weighted by molar-refractivity contribution is 6.30. The van der Waals surface area contributed by atoms with Gasteiger partial charge >= 0.3 is 0 Å². The Labute approximate surface area is 140 Å². The number of anilines is 1. The number of amides is 1.